The van der Waals surface area contributed by atoms with Gasteiger partial charge in [-0.2, -0.15) is 0 Å². The maximum absolute atomic E-state index is 12.1. The highest BCUT2D eigenvalue weighted by molar-refractivity contribution is 5.89. The zero-order chi connectivity index (χ0) is 13.5. The van der Waals surface area contributed by atoms with Crippen molar-refractivity contribution in [1.82, 2.24) is 9.88 Å². The second kappa shape index (κ2) is 6.54. The Balaban J connectivity index is 2.00. The zero-order valence-electron chi connectivity index (χ0n) is 10.9. The topological polar surface area (TPSA) is 45.2 Å². The third-order valence-electron chi connectivity index (χ3n) is 2.80. The molecule has 1 aromatic carbocycles. The Bertz CT molecular complexity index is 513. The molecule has 4 heteroatoms. The minimum absolute atomic E-state index is 0.112. The summed E-state index contributed by atoms with van der Waals surface area (Å²) in [5, 5.41) is 2.84. The molecule has 0 bridgehead atoms. The molecule has 2 amide bonds. The van der Waals surface area contributed by atoms with E-state index in [0.29, 0.717) is 18.8 Å². The molecule has 0 aliphatic rings. The van der Waals surface area contributed by atoms with Gasteiger partial charge >= 0.3 is 6.03 Å². The van der Waals surface area contributed by atoms with Gasteiger partial charge in [0.15, 0.2) is 0 Å². The van der Waals surface area contributed by atoms with Gasteiger partial charge in [0.1, 0.15) is 0 Å². The van der Waals surface area contributed by atoms with Gasteiger partial charge in [0.05, 0.1) is 11.9 Å². The lowest BCUT2D eigenvalue weighted by Crippen LogP contribution is -2.34. The summed E-state index contributed by atoms with van der Waals surface area (Å²) < 4.78 is 0. The second-order valence-corrected chi connectivity index (χ2v) is 4.17. The van der Waals surface area contributed by atoms with E-state index >= 15 is 0 Å². The van der Waals surface area contributed by atoms with Crippen molar-refractivity contribution in [2.24, 2.45) is 0 Å². The number of hydrogen-bond acceptors (Lipinski definition) is 2. The molecule has 0 aliphatic carbocycles. The number of pyridine rings is 1. The Morgan fingerprint density at radius 3 is 2.63 bits per heavy atom. The Hall–Kier alpha value is -2.36. The fraction of sp³-hybridized carbons (Fsp3) is 0.200. The lowest BCUT2D eigenvalue weighted by Gasteiger charge is -2.21. The van der Waals surface area contributed by atoms with Crippen molar-refractivity contribution in [2.75, 3.05) is 11.9 Å². The van der Waals surface area contributed by atoms with Gasteiger partial charge in [-0.3, -0.25) is 4.98 Å². The molecule has 1 heterocycles. The van der Waals surface area contributed by atoms with Crippen molar-refractivity contribution in [3.63, 3.8) is 0 Å². The summed E-state index contributed by atoms with van der Waals surface area (Å²) in [7, 11) is 0. The first-order valence-corrected chi connectivity index (χ1v) is 6.29. The number of carbonyl (C=O) groups is 1. The minimum atomic E-state index is -0.112. The van der Waals surface area contributed by atoms with E-state index in [9.17, 15) is 4.79 Å². The van der Waals surface area contributed by atoms with Crippen molar-refractivity contribution in [1.29, 1.82) is 0 Å². The van der Waals surface area contributed by atoms with Crippen LogP contribution in [0.1, 0.15) is 12.5 Å². The van der Waals surface area contributed by atoms with Crippen LogP contribution >= 0.6 is 0 Å². The summed E-state index contributed by atoms with van der Waals surface area (Å²) in [4.78, 5) is 17.9. The molecule has 1 N–H and O–H groups in total. The molecule has 4 nitrogen and oxygen atoms in total. The predicted octanol–water partition coefficient (Wildman–Crippen LogP) is 3.14. The van der Waals surface area contributed by atoms with Crippen LogP contribution in [0.4, 0.5) is 10.5 Å². The lowest BCUT2D eigenvalue weighted by molar-refractivity contribution is 0.212. The largest absolute Gasteiger partial charge is 0.322 e. The molecule has 2 aromatic rings. The van der Waals surface area contributed by atoms with Crippen LogP contribution in [-0.2, 0) is 6.54 Å². The third kappa shape index (κ3) is 3.81. The lowest BCUT2D eigenvalue weighted by atomic mass is 10.2. The Morgan fingerprint density at radius 1 is 1.21 bits per heavy atom. The summed E-state index contributed by atoms with van der Waals surface area (Å²) in [6.07, 6.45) is 3.31. The predicted molar refractivity (Wildman–Crippen MR) is 75.8 cm³/mol. The number of nitrogens with zero attached hydrogens (tertiary/aromatic N) is 2. The zero-order valence-corrected chi connectivity index (χ0v) is 10.9. The highest BCUT2D eigenvalue weighted by Crippen LogP contribution is 2.08. The molecule has 19 heavy (non-hydrogen) atoms. The highest BCUT2D eigenvalue weighted by Gasteiger charge is 2.11. The maximum Gasteiger partial charge on any atom is 0.322 e. The summed E-state index contributed by atoms with van der Waals surface area (Å²) in [6.45, 7) is 3.22. The van der Waals surface area contributed by atoms with Crippen molar-refractivity contribution >= 4 is 11.7 Å². The number of benzene rings is 1. The maximum atomic E-state index is 12.1. The van der Waals surface area contributed by atoms with Crippen molar-refractivity contribution in [3.05, 3.63) is 60.4 Å². The summed E-state index contributed by atoms with van der Waals surface area (Å²) in [5.74, 6) is 0. The monoisotopic (exact) mass is 255 g/mol. The van der Waals surface area contributed by atoms with Crippen LogP contribution in [0, 0.1) is 0 Å². The fourth-order valence-corrected chi connectivity index (χ4v) is 1.77. The summed E-state index contributed by atoms with van der Waals surface area (Å²) in [6, 6.07) is 13.4. The van der Waals surface area contributed by atoms with Crippen LogP contribution in [0.5, 0.6) is 0 Å². The van der Waals surface area contributed by atoms with E-state index in [2.05, 4.69) is 10.3 Å². The van der Waals surface area contributed by atoms with Gasteiger partial charge in [0.25, 0.3) is 0 Å². The minimum Gasteiger partial charge on any atom is -0.320 e. The van der Waals surface area contributed by atoms with E-state index in [1.807, 2.05) is 43.3 Å². The first-order valence-electron chi connectivity index (χ1n) is 6.29. The van der Waals surface area contributed by atoms with Gasteiger partial charge in [0, 0.05) is 19.3 Å². The molecule has 1 aromatic heterocycles. The SMILES string of the molecule is CCN(Cc1ccccc1)C(=O)Nc1cccnc1. The molecular formula is C15H17N3O. The first-order chi connectivity index (χ1) is 9.29. The first kappa shape index (κ1) is 13.1. The smallest absolute Gasteiger partial charge is 0.320 e. The number of aromatic nitrogens is 1. The van der Waals surface area contributed by atoms with Crippen molar-refractivity contribution in [3.8, 4) is 0 Å². The van der Waals surface area contributed by atoms with Gasteiger partial charge in [-0.1, -0.05) is 30.3 Å². The summed E-state index contributed by atoms with van der Waals surface area (Å²) >= 11 is 0. The van der Waals surface area contributed by atoms with Crippen LogP contribution in [-0.4, -0.2) is 22.5 Å². The van der Waals surface area contributed by atoms with Gasteiger partial charge in [-0.25, -0.2) is 4.79 Å². The fourth-order valence-electron chi connectivity index (χ4n) is 1.77. The van der Waals surface area contributed by atoms with E-state index in [0.717, 1.165) is 5.56 Å². The molecule has 0 aliphatic heterocycles. The van der Waals surface area contributed by atoms with Crippen molar-refractivity contribution < 1.29 is 4.79 Å². The normalized spacial score (nSPS) is 9.95. The summed E-state index contributed by atoms with van der Waals surface area (Å²) in [5.41, 5.74) is 1.82. The molecule has 0 saturated carbocycles. The van der Waals surface area contributed by atoms with Crippen LogP contribution in [0.15, 0.2) is 54.9 Å². The van der Waals surface area contributed by atoms with Gasteiger partial charge in [0.2, 0.25) is 0 Å². The van der Waals surface area contributed by atoms with E-state index in [4.69, 9.17) is 0 Å². The molecule has 0 radical (unpaired) electrons. The van der Waals surface area contributed by atoms with Gasteiger partial charge in [-0.15, -0.1) is 0 Å². The molecule has 0 unspecified atom stereocenters. The van der Waals surface area contributed by atoms with Crippen LogP contribution in [0.3, 0.4) is 0 Å². The molecule has 0 spiro atoms. The van der Waals surface area contributed by atoms with Gasteiger partial charge < -0.3 is 10.2 Å². The van der Waals surface area contributed by atoms with Crippen LogP contribution < -0.4 is 5.32 Å². The Kier molecular flexibility index (Phi) is 4.50. The second-order valence-electron chi connectivity index (χ2n) is 4.17. The van der Waals surface area contributed by atoms with Crippen LogP contribution in [0.25, 0.3) is 0 Å². The number of carbonyl (C=O) groups excluding carboxylic acids is 1. The average Bonchev–Trinajstić information content (AvgIpc) is 2.47. The average molecular weight is 255 g/mol. The quantitative estimate of drug-likeness (QED) is 0.912. The number of urea groups is 1. The van der Waals surface area contributed by atoms with E-state index in [1.54, 1.807) is 23.4 Å². The van der Waals surface area contributed by atoms with E-state index in [1.165, 1.54) is 0 Å². The number of amides is 2. The highest BCUT2D eigenvalue weighted by atomic mass is 16.2. The Labute approximate surface area is 113 Å². The standard InChI is InChI=1S/C15H17N3O/c1-2-18(12-13-7-4-3-5-8-13)15(19)17-14-9-6-10-16-11-14/h3-11H,2,12H2,1H3,(H,17,19). The van der Waals surface area contributed by atoms with E-state index in [-0.39, 0.29) is 6.03 Å². The molecule has 0 atom stereocenters. The number of rotatable bonds is 4. The van der Waals surface area contributed by atoms with Crippen molar-refractivity contribution in [2.45, 2.75) is 13.5 Å². The number of hydrogen-bond donors (Lipinski definition) is 1. The van der Waals surface area contributed by atoms with Gasteiger partial charge in [-0.05, 0) is 24.6 Å². The molecule has 98 valence electrons. The molecule has 2 rings (SSSR count). The van der Waals surface area contributed by atoms with E-state index < -0.39 is 0 Å². The molecular weight excluding hydrogens is 238 g/mol. The number of anilines is 1. The molecule has 0 saturated heterocycles. The number of nitrogens with one attached hydrogen (secondary N) is 1. The Morgan fingerprint density at radius 2 is 2.00 bits per heavy atom. The molecule has 0 fully saturated rings. The third-order valence-corrected chi connectivity index (χ3v) is 2.80. The van der Waals surface area contributed by atoms with Crippen LogP contribution in [0.2, 0.25) is 0 Å².